The highest BCUT2D eigenvalue weighted by molar-refractivity contribution is 5.81. The van der Waals surface area contributed by atoms with Crippen LogP contribution in [0.3, 0.4) is 0 Å². The van der Waals surface area contributed by atoms with E-state index in [9.17, 15) is 4.79 Å². The Morgan fingerprint density at radius 1 is 1.56 bits per heavy atom. The molecule has 0 unspecified atom stereocenters. The van der Waals surface area contributed by atoms with Gasteiger partial charge in [0.2, 0.25) is 0 Å². The molecular weight excluding hydrogens is 120 g/mol. The number of carbonyl (C=O) groups excluding carboxylic acids is 1. The second-order valence-electron chi connectivity index (χ2n) is 1.81. The molecule has 1 amide bonds. The lowest BCUT2D eigenvalue weighted by Crippen LogP contribution is -2.32. The molecule has 0 aromatic rings. The maximum absolute atomic E-state index is 10.6. The van der Waals surface area contributed by atoms with Crippen LogP contribution >= 0.6 is 0 Å². The van der Waals surface area contributed by atoms with Crippen molar-refractivity contribution < 1.29 is 4.79 Å². The summed E-state index contributed by atoms with van der Waals surface area (Å²) in [6.07, 6.45) is 0. The predicted octanol–water partition coefficient (Wildman–Crippen LogP) is -1.65. The van der Waals surface area contributed by atoms with Crippen molar-refractivity contribution in [3.63, 3.8) is 0 Å². The van der Waals surface area contributed by atoms with Crippen molar-refractivity contribution >= 4 is 5.91 Å². The first-order valence-corrected chi connectivity index (χ1v) is 2.41. The van der Waals surface area contributed by atoms with E-state index in [-0.39, 0.29) is 12.5 Å². The first kappa shape index (κ1) is 6.06. The number of hydrogen-bond acceptors (Lipinski definition) is 4. The summed E-state index contributed by atoms with van der Waals surface area (Å²) < 4.78 is 0. The Kier molecular flexibility index (Phi) is 1.15. The first-order valence-electron chi connectivity index (χ1n) is 2.41. The van der Waals surface area contributed by atoms with E-state index in [1.807, 2.05) is 0 Å². The first-order chi connectivity index (χ1) is 4.13. The molecule has 1 aliphatic heterocycles. The summed E-state index contributed by atoms with van der Waals surface area (Å²) in [5.41, 5.74) is 0. The molecule has 0 bridgehead atoms. The summed E-state index contributed by atoms with van der Waals surface area (Å²) in [5.74, 6) is 10.5. The SMILES string of the molecule is C=C1N(N)CC(=O)N1N. The molecule has 5 heteroatoms. The molecule has 1 fully saturated rings. The number of amides is 1. The second kappa shape index (κ2) is 1.71. The molecule has 0 atom stereocenters. The van der Waals surface area contributed by atoms with Gasteiger partial charge in [-0.2, -0.15) is 0 Å². The smallest absolute Gasteiger partial charge is 0.263 e. The molecule has 0 saturated carbocycles. The van der Waals surface area contributed by atoms with Gasteiger partial charge in [-0.15, -0.1) is 0 Å². The molecule has 5 nitrogen and oxygen atoms in total. The van der Waals surface area contributed by atoms with E-state index in [2.05, 4.69) is 6.58 Å². The molecule has 1 saturated heterocycles. The van der Waals surface area contributed by atoms with Crippen LogP contribution in [0, 0.1) is 0 Å². The van der Waals surface area contributed by atoms with Crippen LogP contribution in [0.5, 0.6) is 0 Å². The fourth-order valence-corrected chi connectivity index (χ4v) is 0.595. The van der Waals surface area contributed by atoms with Crippen molar-refractivity contribution in [2.24, 2.45) is 11.7 Å². The van der Waals surface area contributed by atoms with Crippen LogP contribution in [0.25, 0.3) is 0 Å². The minimum atomic E-state index is -0.234. The molecule has 9 heavy (non-hydrogen) atoms. The van der Waals surface area contributed by atoms with Crippen molar-refractivity contribution in [1.82, 2.24) is 10.0 Å². The molecule has 1 rings (SSSR count). The summed E-state index contributed by atoms with van der Waals surface area (Å²) >= 11 is 0. The highest BCUT2D eigenvalue weighted by atomic mass is 16.2. The van der Waals surface area contributed by atoms with Crippen molar-refractivity contribution in [2.45, 2.75) is 0 Å². The molecule has 0 aromatic carbocycles. The van der Waals surface area contributed by atoms with Crippen LogP contribution in [-0.2, 0) is 4.79 Å². The Balaban J connectivity index is 2.77. The molecule has 0 aliphatic carbocycles. The summed E-state index contributed by atoms with van der Waals surface area (Å²) in [6.45, 7) is 3.57. The van der Waals surface area contributed by atoms with Gasteiger partial charge in [-0.3, -0.25) is 9.80 Å². The Morgan fingerprint density at radius 2 is 2.11 bits per heavy atom. The van der Waals surface area contributed by atoms with E-state index in [1.165, 1.54) is 5.01 Å². The maximum Gasteiger partial charge on any atom is 0.263 e. The molecule has 0 aromatic heterocycles. The number of nitrogens with zero attached hydrogens (tertiary/aromatic N) is 2. The third-order valence-electron chi connectivity index (χ3n) is 1.18. The lowest BCUT2D eigenvalue weighted by atomic mass is 10.6. The number of nitrogens with two attached hydrogens (primary N) is 2. The minimum absolute atomic E-state index is 0.120. The van der Waals surface area contributed by atoms with Gasteiger partial charge in [-0.1, -0.05) is 6.58 Å². The lowest BCUT2D eigenvalue weighted by molar-refractivity contribution is -0.126. The van der Waals surface area contributed by atoms with Crippen molar-refractivity contribution in [1.29, 1.82) is 0 Å². The monoisotopic (exact) mass is 128 g/mol. The third kappa shape index (κ3) is 0.756. The van der Waals surface area contributed by atoms with Gasteiger partial charge in [0, 0.05) is 0 Å². The van der Waals surface area contributed by atoms with E-state index in [1.54, 1.807) is 0 Å². The second-order valence-corrected chi connectivity index (χ2v) is 1.81. The molecule has 4 N–H and O–H groups in total. The zero-order valence-corrected chi connectivity index (χ0v) is 4.87. The van der Waals surface area contributed by atoms with E-state index in [4.69, 9.17) is 11.7 Å². The van der Waals surface area contributed by atoms with Crippen molar-refractivity contribution in [3.8, 4) is 0 Å². The zero-order chi connectivity index (χ0) is 7.02. The molecule has 1 aliphatic rings. The molecular formula is C4H8N4O. The number of hydrogen-bond donors (Lipinski definition) is 2. The minimum Gasteiger partial charge on any atom is -0.286 e. The van der Waals surface area contributed by atoms with Gasteiger partial charge in [-0.05, 0) is 0 Å². The maximum atomic E-state index is 10.6. The van der Waals surface area contributed by atoms with E-state index in [0.29, 0.717) is 5.82 Å². The van der Waals surface area contributed by atoms with Gasteiger partial charge in [0.1, 0.15) is 12.4 Å². The number of carbonyl (C=O) groups is 1. The average molecular weight is 128 g/mol. The van der Waals surface area contributed by atoms with E-state index >= 15 is 0 Å². The fourth-order valence-electron chi connectivity index (χ4n) is 0.595. The Hall–Kier alpha value is -1.07. The quantitative estimate of drug-likeness (QED) is 0.303. The number of rotatable bonds is 0. The lowest BCUT2D eigenvalue weighted by Gasteiger charge is -2.11. The fraction of sp³-hybridized carbons (Fsp3) is 0.250. The standard InChI is InChI=1S/C4H8N4O/c1-3-7(5)2-4(9)8(3)6/h1-2,5-6H2. The third-order valence-corrected chi connectivity index (χ3v) is 1.18. The Bertz CT molecular complexity index is 166. The largest absolute Gasteiger partial charge is 0.286 e. The average Bonchev–Trinajstić information content (AvgIpc) is 1.98. The van der Waals surface area contributed by atoms with E-state index in [0.717, 1.165) is 5.01 Å². The number of hydrazine groups is 2. The topological polar surface area (TPSA) is 75.6 Å². The Labute approximate surface area is 52.4 Å². The molecule has 0 spiro atoms. The summed E-state index contributed by atoms with van der Waals surface area (Å²) in [4.78, 5) is 10.6. The van der Waals surface area contributed by atoms with Crippen molar-refractivity contribution in [3.05, 3.63) is 12.4 Å². The van der Waals surface area contributed by atoms with Gasteiger partial charge in [0.25, 0.3) is 5.91 Å². The molecule has 1 heterocycles. The highest BCUT2D eigenvalue weighted by Gasteiger charge is 2.25. The van der Waals surface area contributed by atoms with Crippen LogP contribution in [0.4, 0.5) is 0 Å². The van der Waals surface area contributed by atoms with Gasteiger partial charge < -0.3 is 0 Å². The van der Waals surface area contributed by atoms with Crippen molar-refractivity contribution in [2.75, 3.05) is 6.54 Å². The Morgan fingerprint density at radius 3 is 2.22 bits per heavy atom. The summed E-state index contributed by atoms with van der Waals surface area (Å²) in [7, 11) is 0. The molecule has 50 valence electrons. The van der Waals surface area contributed by atoms with Crippen LogP contribution < -0.4 is 11.7 Å². The van der Waals surface area contributed by atoms with Crippen LogP contribution in [0.2, 0.25) is 0 Å². The van der Waals surface area contributed by atoms with Gasteiger partial charge in [-0.25, -0.2) is 16.7 Å². The van der Waals surface area contributed by atoms with Gasteiger partial charge in [0.05, 0.1) is 0 Å². The van der Waals surface area contributed by atoms with E-state index < -0.39 is 0 Å². The summed E-state index contributed by atoms with van der Waals surface area (Å²) in [6, 6.07) is 0. The van der Waals surface area contributed by atoms with Crippen LogP contribution in [-0.4, -0.2) is 22.5 Å². The summed E-state index contributed by atoms with van der Waals surface area (Å²) in [5, 5.41) is 2.13. The van der Waals surface area contributed by atoms with Gasteiger partial charge in [0.15, 0.2) is 0 Å². The molecule has 0 radical (unpaired) electrons. The van der Waals surface area contributed by atoms with Gasteiger partial charge >= 0.3 is 0 Å². The van der Waals surface area contributed by atoms with Crippen LogP contribution in [0.15, 0.2) is 12.4 Å². The zero-order valence-electron chi connectivity index (χ0n) is 4.87. The highest BCUT2D eigenvalue weighted by Crippen LogP contribution is 2.07. The van der Waals surface area contributed by atoms with Crippen LogP contribution in [0.1, 0.15) is 0 Å². The normalized spacial score (nSPS) is 19.8. The predicted molar refractivity (Wildman–Crippen MR) is 31.1 cm³/mol.